The number of rotatable bonds is 14. The Hall–Kier alpha value is -3.77. The third-order valence-electron chi connectivity index (χ3n) is 6.46. The van der Waals surface area contributed by atoms with Crippen molar-refractivity contribution in [2.75, 3.05) is 6.54 Å². The van der Waals surface area contributed by atoms with E-state index in [4.69, 9.17) is 23.1 Å². The molecule has 1 aromatic carbocycles. The van der Waals surface area contributed by atoms with Gasteiger partial charge in [0.1, 0.15) is 18.1 Å². The molecule has 0 aliphatic carbocycles. The highest BCUT2D eigenvalue weighted by molar-refractivity contribution is 6.31. The Morgan fingerprint density at radius 3 is 2.51 bits per heavy atom. The summed E-state index contributed by atoms with van der Waals surface area (Å²) < 4.78 is 0. The van der Waals surface area contributed by atoms with Gasteiger partial charge in [-0.2, -0.15) is 0 Å². The van der Waals surface area contributed by atoms with E-state index < -0.39 is 29.9 Å². The van der Waals surface area contributed by atoms with Crippen molar-refractivity contribution in [2.45, 2.75) is 77.4 Å². The molecule has 3 atom stereocenters. The van der Waals surface area contributed by atoms with Gasteiger partial charge in [-0.1, -0.05) is 49.4 Å². The van der Waals surface area contributed by atoms with Crippen molar-refractivity contribution in [3.05, 3.63) is 57.8 Å². The van der Waals surface area contributed by atoms with E-state index in [2.05, 4.69) is 27.2 Å². The molecule has 0 saturated carbocycles. The molecule has 0 aromatic heterocycles. The van der Waals surface area contributed by atoms with Gasteiger partial charge in [-0.15, -0.1) is 6.42 Å². The molecule has 5 N–H and O–H groups in total. The number of carbonyl (C=O) groups excluding carboxylic acids is 3. The number of hydrogen-bond donors (Lipinski definition) is 5. The average molecular weight is 557 g/mol. The minimum Gasteiger partial charge on any atom is -0.481 e. The van der Waals surface area contributed by atoms with Crippen molar-refractivity contribution in [1.29, 1.82) is 0 Å². The first kappa shape index (κ1) is 31.4. The van der Waals surface area contributed by atoms with Gasteiger partial charge in [-0.3, -0.25) is 19.2 Å². The predicted octanol–water partition coefficient (Wildman–Crippen LogP) is 3.23. The van der Waals surface area contributed by atoms with Gasteiger partial charge < -0.3 is 26.4 Å². The lowest BCUT2D eigenvalue weighted by atomic mass is 10.0. The average Bonchev–Trinajstić information content (AvgIpc) is 3.31. The lowest BCUT2D eigenvalue weighted by molar-refractivity contribution is -0.137. The van der Waals surface area contributed by atoms with Crippen LogP contribution in [0.2, 0.25) is 5.02 Å². The maximum Gasteiger partial charge on any atom is 0.303 e. The molecule has 1 heterocycles. The summed E-state index contributed by atoms with van der Waals surface area (Å²) in [5.74, 6) is 0.0140. The van der Waals surface area contributed by atoms with E-state index in [1.54, 1.807) is 19.1 Å². The van der Waals surface area contributed by atoms with Crippen LogP contribution >= 0.6 is 11.6 Å². The molecule has 0 saturated heterocycles. The maximum absolute atomic E-state index is 13.2. The number of unbranched alkanes of at least 4 members (excludes halogenated alkanes) is 1. The summed E-state index contributed by atoms with van der Waals surface area (Å²) in [6.45, 7) is 6.01. The smallest absolute Gasteiger partial charge is 0.303 e. The SMILES string of the molecule is C#CC1NC=C(CCNC(=O)C(CCCC)NC(=O)C(CCC(=O)O)NC(=O)c2ccc(C)c(Cl)c2)/C1=C/C. The molecule has 1 aromatic rings. The molecular weight excluding hydrogens is 520 g/mol. The predicted molar refractivity (Wildman–Crippen MR) is 151 cm³/mol. The second-order valence-electron chi connectivity index (χ2n) is 9.35. The highest BCUT2D eigenvalue weighted by Gasteiger charge is 2.28. The van der Waals surface area contributed by atoms with E-state index in [1.807, 2.05) is 26.1 Å². The third kappa shape index (κ3) is 9.48. The fourth-order valence-corrected chi connectivity index (χ4v) is 4.33. The lowest BCUT2D eigenvalue weighted by Gasteiger charge is -2.23. The molecule has 210 valence electrons. The Balaban J connectivity index is 2.07. The second kappa shape index (κ2) is 15.6. The van der Waals surface area contributed by atoms with E-state index in [0.717, 1.165) is 23.1 Å². The van der Waals surface area contributed by atoms with Crippen LogP contribution in [0, 0.1) is 19.3 Å². The molecule has 1 aliphatic heterocycles. The number of hydrogen-bond acceptors (Lipinski definition) is 5. The molecule has 0 radical (unpaired) electrons. The van der Waals surface area contributed by atoms with Gasteiger partial charge >= 0.3 is 5.97 Å². The number of carboxylic acids is 1. The Morgan fingerprint density at radius 1 is 1.18 bits per heavy atom. The first-order valence-corrected chi connectivity index (χ1v) is 13.4. The van der Waals surface area contributed by atoms with Gasteiger partial charge in [0.25, 0.3) is 5.91 Å². The van der Waals surface area contributed by atoms with E-state index in [-0.39, 0.29) is 30.4 Å². The molecule has 10 heteroatoms. The monoisotopic (exact) mass is 556 g/mol. The number of allylic oxidation sites excluding steroid dienone is 1. The Morgan fingerprint density at radius 2 is 1.90 bits per heavy atom. The van der Waals surface area contributed by atoms with Crippen molar-refractivity contribution in [1.82, 2.24) is 21.3 Å². The Kier molecular flexibility index (Phi) is 12.6. The highest BCUT2D eigenvalue weighted by atomic mass is 35.5. The van der Waals surface area contributed by atoms with Crippen LogP contribution in [-0.4, -0.2) is 53.5 Å². The van der Waals surface area contributed by atoms with Crippen molar-refractivity contribution in [2.24, 2.45) is 0 Å². The quantitative estimate of drug-likeness (QED) is 0.223. The molecule has 0 spiro atoms. The first-order chi connectivity index (χ1) is 18.6. The van der Waals surface area contributed by atoms with E-state index >= 15 is 0 Å². The van der Waals surface area contributed by atoms with Crippen LogP contribution in [0.15, 0.2) is 41.6 Å². The number of terminal acetylenes is 1. The summed E-state index contributed by atoms with van der Waals surface area (Å²) in [5, 5.41) is 20.9. The van der Waals surface area contributed by atoms with Crippen LogP contribution in [0.25, 0.3) is 0 Å². The first-order valence-electron chi connectivity index (χ1n) is 13.1. The van der Waals surface area contributed by atoms with Crippen molar-refractivity contribution in [3.8, 4) is 12.3 Å². The summed E-state index contributed by atoms with van der Waals surface area (Å²) in [5.41, 5.74) is 3.02. The highest BCUT2D eigenvalue weighted by Crippen LogP contribution is 2.22. The molecular formula is C29H37ClN4O5. The third-order valence-corrected chi connectivity index (χ3v) is 6.87. The van der Waals surface area contributed by atoms with E-state index in [1.165, 1.54) is 6.07 Å². The molecule has 9 nitrogen and oxygen atoms in total. The van der Waals surface area contributed by atoms with Crippen molar-refractivity contribution < 1.29 is 24.3 Å². The number of amides is 3. The number of carboxylic acid groups (broad SMARTS) is 1. The Labute approximate surface area is 234 Å². The molecule has 39 heavy (non-hydrogen) atoms. The minimum atomic E-state index is -1.15. The zero-order valence-corrected chi connectivity index (χ0v) is 23.4. The number of carbonyl (C=O) groups is 4. The number of halogens is 1. The minimum absolute atomic E-state index is 0.141. The van der Waals surface area contributed by atoms with Crippen LogP contribution in [-0.2, 0) is 14.4 Å². The fraction of sp³-hybridized carbons (Fsp3) is 0.448. The number of benzene rings is 1. The molecule has 3 amide bonds. The van der Waals surface area contributed by atoms with Crippen LogP contribution in [0.3, 0.4) is 0 Å². The molecule has 3 unspecified atom stereocenters. The van der Waals surface area contributed by atoms with Gasteiger partial charge in [-0.25, -0.2) is 0 Å². The summed E-state index contributed by atoms with van der Waals surface area (Å²) in [6, 6.07) is 2.55. The largest absolute Gasteiger partial charge is 0.481 e. The van der Waals surface area contributed by atoms with Gasteiger partial charge in [0, 0.05) is 29.8 Å². The fourth-order valence-electron chi connectivity index (χ4n) is 4.15. The van der Waals surface area contributed by atoms with E-state index in [0.29, 0.717) is 30.8 Å². The van der Waals surface area contributed by atoms with Gasteiger partial charge in [0.15, 0.2) is 0 Å². The Bertz CT molecular complexity index is 1170. The molecule has 1 aliphatic rings. The lowest BCUT2D eigenvalue weighted by Crippen LogP contribution is -2.54. The standard InChI is InChI=1S/C29H37ClN4O5/c1-5-8-9-24(28(38)31-15-14-20-17-32-23(7-3)21(20)6-2)34-29(39)25(12-13-26(35)36)33-27(37)19-11-10-18(4)22(30)16-19/h3,6,10-11,16-17,23-25,32H,5,8-9,12-15H2,1-2,4H3,(H,31,38)(H,33,37)(H,34,39)(H,35,36)/b21-6-. The normalized spacial score (nSPS) is 16.8. The second-order valence-corrected chi connectivity index (χ2v) is 9.75. The summed E-state index contributed by atoms with van der Waals surface area (Å²) in [7, 11) is 0. The van der Waals surface area contributed by atoms with Crippen LogP contribution in [0.5, 0.6) is 0 Å². The van der Waals surface area contributed by atoms with Crippen LogP contribution in [0.4, 0.5) is 0 Å². The molecule has 2 rings (SSSR count). The van der Waals surface area contributed by atoms with Crippen molar-refractivity contribution in [3.63, 3.8) is 0 Å². The van der Waals surface area contributed by atoms with Crippen LogP contribution < -0.4 is 21.3 Å². The number of aliphatic carboxylic acids is 1. The zero-order chi connectivity index (χ0) is 28.9. The van der Waals surface area contributed by atoms with E-state index in [9.17, 15) is 19.2 Å². The van der Waals surface area contributed by atoms with Crippen molar-refractivity contribution >= 4 is 35.3 Å². The number of nitrogens with one attached hydrogen (secondary N) is 4. The van der Waals surface area contributed by atoms with Gasteiger partial charge in [0.2, 0.25) is 11.8 Å². The topological polar surface area (TPSA) is 137 Å². The van der Waals surface area contributed by atoms with Gasteiger partial charge in [-0.05, 0) is 62.0 Å². The summed E-state index contributed by atoms with van der Waals surface area (Å²) >= 11 is 6.13. The van der Waals surface area contributed by atoms with Crippen LogP contribution in [0.1, 0.15) is 68.3 Å². The molecule has 0 fully saturated rings. The number of aryl methyl sites for hydroxylation is 1. The molecule has 0 bridgehead atoms. The summed E-state index contributed by atoms with van der Waals surface area (Å²) in [6.07, 6.45) is 11.3. The maximum atomic E-state index is 13.2. The van der Waals surface area contributed by atoms with Gasteiger partial charge in [0.05, 0.1) is 0 Å². The summed E-state index contributed by atoms with van der Waals surface area (Å²) in [4.78, 5) is 50.2. The zero-order valence-electron chi connectivity index (χ0n) is 22.6.